The first-order valence-corrected chi connectivity index (χ1v) is 7.57. The Morgan fingerprint density at radius 2 is 1.78 bits per heavy atom. The van der Waals surface area contributed by atoms with Gasteiger partial charge in [0.15, 0.2) is 0 Å². The van der Waals surface area contributed by atoms with Gasteiger partial charge in [-0.15, -0.1) is 4.98 Å². The Balaban J connectivity index is 1.83. The molecule has 1 aliphatic heterocycles. The van der Waals surface area contributed by atoms with Crippen molar-refractivity contribution in [3.8, 4) is 12.0 Å². The van der Waals surface area contributed by atoms with E-state index in [1.165, 1.54) is 14.2 Å². The van der Waals surface area contributed by atoms with Gasteiger partial charge in [0.2, 0.25) is 5.95 Å². The lowest BCUT2D eigenvalue weighted by atomic mass is 9.95. The molecule has 1 aliphatic rings. The fourth-order valence-electron chi connectivity index (χ4n) is 2.73. The van der Waals surface area contributed by atoms with E-state index in [0.29, 0.717) is 11.9 Å². The highest BCUT2D eigenvalue weighted by molar-refractivity contribution is 5.34. The van der Waals surface area contributed by atoms with Crippen LogP contribution >= 0.6 is 0 Å². The molecular formula is C15H20N6O2. The number of hydrogen-bond donors (Lipinski definition) is 0. The molecule has 1 atom stereocenters. The Labute approximate surface area is 134 Å². The van der Waals surface area contributed by atoms with Gasteiger partial charge >= 0.3 is 12.0 Å². The summed E-state index contributed by atoms with van der Waals surface area (Å²) >= 11 is 0. The SMILES string of the molecule is COc1nc(OC)nc(N2CCCC(c3cncc(C)n3)C2)n1. The summed E-state index contributed by atoms with van der Waals surface area (Å²) in [6.45, 7) is 3.62. The second-order valence-corrected chi connectivity index (χ2v) is 5.48. The first kappa shape index (κ1) is 15.4. The number of aromatic nitrogens is 5. The summed E-state index contributed by atoms with van der Waals surface area (Å²) in [6.07, 6.45) is 5.73. The molecule has 23 heavy (non-hydrogen) atoms. The highest BCUT2D eigenvalue weighted by Crippen LogP contribution is 2.28. The van der Waals surface area contributed by atoms with Crippen LogP contribution in [0.1, 0.15) is 30.1 Å². The van der Waals surface area contributed by atoms with Crippen molar-refractivity contribution >= 4 is 5.95 Å². The fourth-order valence-corrected chi connectivity index (χ4v) is 2.73. The Morgan fingerprint density at radius 1 is 1.04 bits per heavy atom. The molecule has 1 saturated heterocycles. The second kappa shape index (κ2) is 6.72. The van der Waals surface area contributed by atoms with E-state index in [0.717, 1.165) is 37.3 Å². The molecule has 0 amide bonds. The third-order valence-corrected chi connectivity index (χ3v) is 3.84. The van der Waals surface area contributed by atoms with Crippen LogP contribution in [0, 0.1) is 6.92 Å². The van der Waals surface area contributed by atoms with Crippen molar-refractivity contribution in [3.05, 3.63) is 23.8 Å². The number of aryl methyl sites for hydroxylation is 1. The molecule has 3 rings (SSSR count). The molecule has 1 unspecified atom stereocenters. The molecule has 0 radical (unpaired) electrons. The van der Waals surface area contributed by atoms with Crippen molar-refractivity contribution in [1.29, 1.82) is 0 Å². The lowest BCUT2D eigenvalue weighted by Gasteiger charge is -2.32. The van der Waals surface area contributed by atoms with Gasteiger partial charge in [-0.3, -0.25) is 9.97 Å². The van der Waals surface area contributed by atoms with E-state index in [-0.39, 0.29) is 12.0 Å². The van der Waals surface area contributed by atoms with E-state index in [4.69, 9.17) is 9.47 Å². The number of rotatable bonds is 4. The molecule has 2 aromatic rings. The van der Waals surface area contributed by atoms with Gasteiger partial charge in [-0.25, -0.2) is 0 Å². The van der Waals surface area contributed by atoms with Crippen molar-refractivity contribution < 1.29 is 9.47 Å². The molecule has 122 valence electrons. The maximum Gasteiger partial charge on any atom is 0.324 e. The third kappa shape index (κ3) is 3.46. The maximum absolute atomic E-state index is 5.12. The quantitative estimate of drug-likeness (QED) is 0.836. The van der Waals surface area contributed by atoms with Crippen LogP contribution in [0.15, 0.2) is 12.4 Å². The number of hydrogen-bond acceptors (Lipinski definition) is 8. The number of methoxy groups -OCH3 is 2. The van der Waals surface area contributed by atoms with Crippen LogP contribution in [0.3, 0.4) is 0 Å². The van der Waals surface area contributed by atoms with E-state index < -0.39 is 0 Å². The van der Waals surface area contributed by atoms with Gasteiger partial charge in [0, 0.05) is 31.4 Å². The maximum atomic E-state index is 5.12. The standard InChI is InChI=1S/C15H20N6O2/c1-10-7-16-8-12(17-10)11-5-4-6-21(9-11)13-18-14(22-2)20-15(19-13)23-3/h7-8,11H,4-6,9H2,1-3H3. The summed E-state index contributed by atoms with van der Waals surface area (Å²) in [6, 6.07) is 0.508. The first-order valence-electron chi connectivity index (χ1n) is 7.57. The molecule has 0 N–H and O–H groups in total. The predicted molar refractivity (Wildman–Crippen MR) is 83.9 cm³/mol. The minimum absolute atomic E-state index is 0.254. The van der Waals surface area contributed by atoms with E-state index in [1.807, 2.05) is 13.1 Å². The summed E-state index contributed by atoms with van der Waals surface area (Å²) in [5.41, 5.74) is 1.95. The average Bonchev–Trinajstić information content (AvgIpc) is 2.61. The van der Waals surface area contributed by atoms with Crippen molar-refractivity contribution in [1.82, 2.24) is 24.9 Å². The Kier molecular flexibility index (Phi) is 4.50. The van der Waals surface area contributed by atoms with Crippen LogP contribution in [0.4, 0.5) is 5.95 Å². The van der Waals surface area contributed by atoms with Crippen LogP contribution in [0.25, 0.3) is 0 Å². The average molecular weight is 316 g/mol. The molecule has 0 aromatic carbocycles. The highest BCUT2D eigenvalue weighted by Gasteiger charge is 2.25. The van der Waals surface area contributed by atoms with Gasteiger partial charge in [-0.2, -0.15) is 9.97 Å². The summed E-state index contributed by atoms with van der Waals surface area (Å²) in [5.74, 6) is 0.879. The van der Waals surface area contributed by atoms with Crippen molar-refractivity contribution in [2.24, 2.45) is 0 Å². The molecule has 0 saturated carbocycles. The lowest BCUT2D eigenvalue weighted by Crippen LogP contribution is -2.36. The van der Waals surface area contributed by atoms with Crippen LogP contribution in [-0.2, 0) is 0 Å². The molecule has 8 heteroatoms. The first-order chi connectivity index (χ1) is 11.2. The number of piperidine rings is 1. The van der Waals surface area contributed by atoms with Gasteiger partial charge in [0.25, 0.3) is 0 Å². The van der Waals surface area contributed by atoms with Gasteiger partial charge in [-0.05, 0) is 19.8 Å². The number of anilines is 1. The molecule has 2 aromatic heterocycles. The topological polar surface area (TPSA) is 86.2 Å². The van der Waals surface area contributed by atoms with Crippen molar-refractivity contribution in [3.63, 3.8) is 0 Å². The molecule has 0 bridgehead atoms. The Hall–Kier alpha value is -2.51. The van der Waals surface area contributed by atoms with Crippen LogP contribution in [0.2, 0.25) is 0 Å². The second-order valence-electron chi connectivity index (χ2n) is 5.48. The van der Waals surface area contributed by atoms with Gasteiger partial charge in [0.1, 0.15) is 0 Å². The van der Waals surface area contributed by atoms with E-state index in [9.17, 15) is 0 Å². The van der Waals surface area contributed by atoms with Crippen LogP contribution in [0.5, 0.6) is 12.0 Å². The Bertz CT molecular complexity index is 659. The summed E-state index contributed by atoms with van der Waals surface area (Å²) in [4.78, 5) is 23.7. The largest absolute Gasteiger partial charge is 0.467 e. The zero-order valence-corrected chi connectivity index (χ0v) is 13.6. The fraction of sp³-hybridized carbons (Fsp3) is 0.533. The van der Waals surface area contributed by atoms with E-state index >= 15 is 0 Å². The van der Waals surface area contributed by atoms with E-state index in [1.54, 1.807) is 6.20 Å². The minimum atomic E-state index is 0.254. The summed E-state index contributed by atoms with van der Waals surface area (Å²) < 4.78 is 10.2. The molecule has 0 spiro atoms. The van der Waals surface area contributed by atoms with Gasteiger partial charge in [0.05, 0.1) is 25.6 Å². The predicted octanol–water partition coefficient (Wildman–Crippen LogP) is 1.37. The Morgan fingerprint density at radius 3 is 2.43 bits per heavy atom. The lowest BCUT2D eigenvalue weighted by molar-refractivity contribution is 0.338. The smallest absolute Gasteiger partial charge is 0.324 e. The zero-order chi connectivity index (χ0) is 16.2. The molecule has 3 heterocycles. The van der Waals surface area contributed by atoms with Crippen LogP contribution in [-0.4, -0.2) is 52.2 Å². The zero-order valence-electron chi connectivity index (χ0n) is 13.6. The van der Waals surface area contributed by atoms with Crippen molar-refractivity contribution in [2.45, 2.75) is 25.7 Å². The highest BCUT2D eigenvalue weighted by atomic mass is 16.5. The monoisotopic (exact) mass is 316 g/mol. The molecule has 8 nitrogen and oxygen atoms in total. The molecule has 1 fully saturated rings. The van der Waals surface area contributed by atoms with Crippen LogP contribution < -0.4 is 14.4 Å². The van der Waals surface area contributed by atoms with E-state index in [2.05, 4.69) is 29.8 Å². The summed E-state index contributed by atoms with van der Waals surface area (Å²) in [5, 5.41) is 0. The number of nitrogens with zero attached hydrogens (tertiary/aromatic N) is 6. The normalized spacial score (nSPS) is 17.9. The van der Waals surface area contributed by atoms with Crippen molar-refractivity contribution in [2.75, 3.05) is 32.2 Å². The minimum Gasteiger partial charge on any atom is -0.467 e. The number of ether oxygens (including phenoxy) is 2. The van der Waals surface area contributed by atoms with Gasteiger partial charge < -0.3 is 14.4 Å². The molecule has 0 aliphatic carbocycles. The molecular weight excluding hydrogens is 296 g/mol. The summed E-state index contributed by atoms with van der Waals surface area (Å²) in [7, 11) is 3.06. The third-order valence-electron chi connectivity index (χ3n) is 3.84. The van der Waals surface area contributed by atoms with Gasteiger partial charge in [-0.1, -0.05) is 0 Å².